The summed E-state index contributed by atoms with van der Waals surface area (Å²) in [6.07, 6.45) is 2.64. The zero-order valence-electron chi connectivity index (χ0n) is 19.3. The van der Waals surface area contributed by atoms with E-state index in [1.54, 1.807) is 13.0 Å². The van der Waals surface area contributed by atoms with Gasteiger partial charge in [0, 0.05) is 51.7 Å². The van der Waals surface area contributed by atoms with Gasteiger partial charge in [0.05, 0.1) is 16.3 Å². The van der Waals surface area contributed by atoms with Crippen molar-refractivity contribution in [2.24, 2.45) is 11.7 Å². The van der Waals surface area contributed by atoms with Crippen LogP contribution in [-0.2, 0) is 19.6 Å². The predicted molar refractivity (Wildman–Crippen MR) is 129 cm³/mol. The Labute approximate surface area is 206 Å². The van der Waals surface area contributed by atoms with Crippen LogP contribution >= 0.6 is 11.6 Å². The minimum Gasteiger partial charge on any atom is -0.487 e. The molecule has 2 saturated heterocycles. The number of halogens is 1. The molecule has 189 valence electrons. The first-order valence-corrected chi connectivity index (χ1v) is 13.3. The topological polar surface area (TPSA) is 134 Å². The van der Waals surface area contributed by atoms with Gasteiger partial charge < -0.3 is 21.1 Å². The molecule has 3 rings (SSSR count). The van der Waals surface area contributed by atoms with Crippen molar-refractivity contribution in [3.63, 3.8) is 0 Å². The Bertz CT molecular complexity index is 962. The van der Waals surface area contributed by atoms with Gasteiger partial charge in [-0.15, -0.1) is 0 Å². The second-order valence-corrected chi connectivity index (χ2v) is 11.0. The van der Waals surface area contributed by atoms with Crippen molar-refractivity contribution in [1.82, 2.24) is 19.8 Å². The number of piperazine rings is 1. The fourth-order valence-corrected chi connectivity index (χ4v) is 5.54. The number of benzene rings is 1. The molecular formula is C22H33ClN5O5S. The highest BCUT2D eigenvalue weighted by Gasteiger charge is 2.29. The lowest BCUT2D eigenvalue weighted by Crippen LogP contribution is -2.50. The van der Waals surface area contributed by atoms with Crippen LogP contribution in [0.4, 0.5) is 0 Å². The highest BCUT2D eigenvalue weighted by molar-refractivity contribution is 7.89. The molecule has 0 bridgehead atoms. The van der Waals surface area contributed by atoms with Crippen LogP contribution in [0.25, 0.3) is 0 Å². The smallest absolute Gasteiger partial charge is 0.243 e. The van der Waals surface area contributed by atoms with Gasteiger partial charge in [0.1, 0.15) is 11.9 Å². The normalized spacial score (nSPS) is 20.7. The van der Waals surface area contributed by atoms with E-state index in [4.69, 9.17) is 22.1 Å². The van der Waals surface area contributed by atoms with Crippen LogP contribution < -0.4 is 21.1 Å². The number of amides is 2. The Balaban J connectivity index is 1.43. The van der Waals surface area contributed by atoms with E-state index in [0.29, 0.717) is 51.4 Å². The first-order valence-electron chi connectivity index (χ1n) is 11.5. The van der Waals surface area contributed by atoms with Crippen molar-refractivity contribution in [3.05, 3.63) is 29.6 Å². The molecule has 0 unspecified atom stereocenters. The highest BCUT2D eigenvalue weighted by atomic mass is 35.5. The number of nitrogens with one attached hydrogen (secondary N) is 2. The molecule has 1 aromatic carbocycles. The fourth-order valence-electron chi connectivity index (χ4n) is 3.80. The molecule has 34 heavy (non-hydrogen) atoms. The largest absolute Gasteiger partial charge is 0.487 e. The molecule has 2 fully saturated rings. The molecule has 2 atom stereocenters. The molecule has 0 saturated carbocycles. The van der Waals surface area contributed by atoms with E-state index in [1.165, 1.54) is 22.9 Å². The average molecular weight is 515 g/mol. The number of nitrogens with zero attached hydrogens (tertiary/aromatic N) is 2. The minimum absolute atomic E-state index is 0.0365. The third-order valence-corrected chi connectivity index (χ3v) is 8.24. The summed E-state index contributed by atoms with van der Waals surface area (Å²) < 4.78 is 33.5. The van der Waals surface area contributed by atoms with Gasteiger partial charge in [-0.2, -0.15) is 4.31 Å². The second kappa shape index (κ2) is 12.2. The fraction of sp³-hybridized carbons (Fsp3) is 0.591. The van der Waals surface area contributed by atoms with E-state index in [1.807, 2.05) is 0 Å². The Morgan fingerprint density at radius 1 is 1.32 bits per heavy atom. The monoisotopic (exact) mass is 514 g/mol. The Kier molecular flexibility index (Phi) is 9.55. The lowest BCUT2D eigenvalue weighted by atomic mass is 10.1. The first kappa shape index (κ1) is 26.7. The number of ether oxygens (including phenoxy) is 1. The maximum absolute atomic E-state index is 13.1. The minimum atomic E-state index is -3.67. The van der Waals surface area contributed by atoms with Crippen molar-refractivity contribution < 1.29 is 22.7 Å². The Hall–Kier alpha value is -1.92. The number of primary amides is 1. The maximum Gasteiger partial charge on any atom is 0.243 e. The van der Waals surface area contributed by atoms with Crippen molar-refractivity contribution >= 4 is 33.4 Å². The van der Waals surface area contributed by atoms with Crippen molar-refractivity contribution in [2.75, 3.05) is 52.4 Å². The van der Waals surface area contributed by atoms with Crippen molar-refractivity contribution in [3.8, 4) is 5.75 Å². The van der Waals surface area contributed by atoms with Crippen LogP contribution in [0.5, 0.6) is 5.75 Å². The Morgan fingerprint density at radius 3 is 2.68 bits per heavy atom. The van der Waals surface area contributed by atoms with Gasteiger partial charge in [-0.3, -0.25) is 14.5 Å². The van der Waals surface area contributed by atoms with Gasteiger partial charge in [-0.1, -0.05) is 18.5 Å². The predicted octanol–water partition coefficient (Wildman–Crippen LogP) is 0.219. The van der Waals surface area contributed by atoms with Gasteiger partial charge >= 0.3 is 0 Å². The van der Waals surface area contributed by atoms with E-state index in [-0.39, 0.29) is 27.8 Å². The number of nitrogens with two attached hydrogens (primary N) is 1. The van der Waals surface area contributed by atoms with Gasteiger partial charge in [0.15, 0.2) is 0 Å². The van der Waals surface area contributed by atoms with E-state index >= 15 is 0 Å². The summed E-state index contributed by atoms with van der Waals surface area (Å²) in [5.41, 5.74) is 5.18. The summed E-state index contributed by atoms with van der Waals surface area (Å²) in [5, 5.41) is 6.27. The number of hydrogen-bond donors (Lipinski definition) is 3. The third-order valence-electron chi connectivity index (χ3n) is 6.05. The summed E-state index contributed by atoms with van der Waals surface area (Å²) in [4.78, 5) is 25.1. The van der Waals surface area contributed by atoms with Gasteiger partial charge in [-0.25, -0.2) is 8.42 Å². The Morgan fingerprint density at radius 2 is 2.06 bits per heavy atom. The summed E-state index contributed by atoms with van der Waals surface area (Å²) in [6.45, 7) is 6.16. The molecule has 12 heteroatoms. The lowest BCUT2D eigenvalue weighted by molar-refractivity contribution is -0.121. The zero-order chi connectivity index (χ0) is 24.7. The maximum atomic E-state index is 13.1. The molecular weight excluding hydrogens is 482 g/mol. The summed E-state index contributed by atoms with van der Waals surface area (Å²) in [7, 11) is -3.67. The number of rotatable bonds is 11. The molecule has 0 spiro atoms. The zero-order valence-corrected chi connectivity index (χ0v) is 20.9. The average Bonchev–Trinajstić information content (AvgIpc) is 3.32. The van der Waals surface area contributed by atoms with Crippen LogP contribution in [0.2, 0.25) is 5.02 Å². The quantitative estimate of drug-likeness (QED) is 0.384. The molecule has 10 nitrogen and oxygen atoms in total. The van der Waals surface area contributed by atoms with E-state index < -0.39 is 15.9 Å². The highest BCUT2D eigenvalue weighted by Crippen LogP contribution is 2.30. The molecule has 0 aromatic heterocycles. The molecule has 2 aliphatic rings. The van der Waals surface area contributed by atoms with Crippen molar-refractivity contribution in [2.45, 2.75) is 30.8 Å². The molecule has 4 N–H and O–H groups in total. The molecule has 0 aliphatic carbocycles. The van der Waals surface area contributed by atoms with Crippen LogP contribution in [0.15, 0.2) is 23.1 Å². The van der Waals surface area contributed by atoms with E-state index in [2.05, 4.69) is 15.5 Å². The molecule has 2 amide bonds. The van der Waals surface area contributed by atoms with Gasteiger partial charge in [0.2, 0.25) is 21.8 Å². The van der Waals surface area contributed by atoms with E-state index in [0.717, 1.165) is 19.5 Å². The van der Waals surface area contributed by atoms with Crippen LogP contribution in [-0.4, -0.2) is 87.9 Å². The summed E-state index contributed by atoms with van der Waals surface area (Å²) in [5.74, 6) is -0.584. The number of hydrogen-bond acceptors (Lipinski definition) is 7. The van der Waals surface area contributed by atoms with Gasteiger partial charge in [0.25, 0.3) is 0 Å². The molecule has 1 radical (unpaired) electrons. The molecule has 1 aromatic rings. The van der Waals surface area contributed by atoms with Crippen LogP contribution in [0.3, 0.4) is 0 Å². The summed E-state index contributed by atoms with van der Waals surface area (Å²) >= 11 is 6.32. The van der Waals surface area contributed by atoms with Crippen LogP contribution in [0, 0.1) is 12.3 Å². The number of carbonyl (C=O) groups excluding carboxylic acids is 2. The summed E-state index contributed by atoms with van der Waals surface area (Å²) in [6, 6.07) is 4.61. The molecule has 2 aliphatic heterocycles. The lowest BCUT2D eigenvalue weighted by Gasteiger charge is -2.34. The number of sulfonamides is 1. The SMILES string of the molecule is C[C@@H](C[CH]C(=O)NCCN1CCN(S(=O)(=O)c2ccc(O[C@H]3CCNC3)c(Cl)c2)CC1)C(N)=O. The van der Waals surface area contributed by atoms with E-state index in [9.17, 15) is 18.0 Å². The standard InChI is InChI=1S/C22H33ClN5O5S/c1-16(22(24)30)2-5-21(29)26-8-9-27-10-12-28(13-11-27)34(31,32)18-3-4-20(19(23)14-18)33-17-6-7-25-15-17/h3-5,14,16-17,25H,2,6-13,15H2,1H3,(H2,24,30)(H,26,29)/t16-,17-/m0/s1. The van der Waals surface area contributed by atoms with Crippen LogP contribution in [0.1, 0.15) is 19.8 Å². The third kappa shape index (κ3) is 7.29. The number of carbonyl (C=O) groups is 2. The van der Waals surface area contributed by atoms with Gasteiger partial charge in [-0.05, 0) is 37.6 Å². The first-order chi connectivity index (χ1) is 16.2. The van der Waals surface area contributed by atoms with Crippen molar-refractivity contribution in [1.29, 1.82) is 0 Å². The second-order valence-electron chi connectivity index (χ2n) is 8.60. The molecule has 2 heterocycles.